The maximum Gasteiger partial charge on any atom is 0.119 e. The van der Waals surface area contributed by atoms with Gasteiger partial charge in [0.2, 0.25) is 0 Å². The summed E-state index contributed by atoms with van der Waals surface area (Å²) in [5.41, 5.74) is 1.33. The van der Waals surface area contributed by atoms with Gasteiger partial charge in [0.15, 0.2) is 0 Å². The van der Waals surface area contributed by atoms with Crippen molar-refractivity contribution >= 4 is 0 Å². The Labute approximate surface area is 123 Å². The van der Waals surface area contributed by atoms with Gasteiger partial charge >= 0.3 is 0 Å². The zero-order valence-electron chi connectivity index (χ0n) is 13.3. The lowest BCUT2D eigenvalue weighted by molar-refractivity contribution is 0.0926. The molecule has 0 aliphatic carbocycles. The summed E-state index contributed by atoms with van der Waals surface area (Å²) in [6, 6.07) is 8.82. The Morgan fingerprint density at radius 2 is 1.70 bits per heavy atom. The largest absolute Gasteiger partial charge is 0.491 e. The van der Waals surface area contributed by atoms with Gasteiger partial charge in [0.1, 0.15) is 12.4 Å². The third-order valence-corrected chi connectivity index (χ3v) is 3.29. The van der Waals surface area contributed by atoms with Crippen molar-refractivity contribution in [3.8, 4) is 5.75 Å². The van der Waals surface area contributed by atoms with E-state index in [0.29, 0.717) is 25.2 Å². The van der Waals surface area contributed by atoms with Crippen LogP contribution in [-0.4, -0.2) is 32.9 Å². The molecule has 0 saturated carbocycles. The molecule has 0 bridgehead atoms. The summed E-state index contributed by atoms with van der Waals surface area (Å²) in [6.07, 6.45) is 2.15. The van der Waals surface area contributed by atoms with Gasteiger partial charge in [0.25, 0.3) is 0 Å². The van der Waals surface area contributed by atoms with Crippen LogP contribution in [0.15, 0.2) is 24.3 Å². The maximum atomic E-state index is 5.66. The summed E-state index contributed by atoms with van der Waals surface area (Å²) >= 11 is 0. The van der Waals surface area contributed by atoms with E-state index in [9.17, 15) is 0 Å². The van der Waals surface area contributed by atoms with Crippen LogP contribution < -0.4 is 10.1 Å². The first-order valence-electron chi connectivity index (χ1n) is 7.58. The predicted molar refractivity (Wildman–Crippen MR) is 84.4 cm³/mol. The van der Waals surface area contributed by atoms with E-state index in [0.717, 1.165) is 25.2 Å². The second-order valence-electron chi connectivity index (χ2n) is 5.68. The first-order chi connectivity index (χ1) is 9.61. The fraction of sp³-hybridized carbons (Fsp3) is 0.647. The lowest BCUT2D eigenvalue weighted by atomic mass is 10.1. The van der Waals surface area contributed by atoms with Crippen molar-refractivity contribution in [2.24, 2.45) is 5.92 Å². The maximum absolute atomic E-state index is 5.66. The van der Waals surface area contributed by atoms with Crippen molar-refractivity contribution in [2.45, 2.75) is 39.7 Å². The van der Waals surface area contributed by atoms with Crippen LogP contribution in [0, 0.1) is 5.92 Å². The summed E-state index contributed by atoms with van der Waals surface area (Å²) in [7, 11) is 1.99. The first-order valence-corrected chi connectivity index (χ1v) is 7.58. The highest BCUT2D eigenvalue weighted by molar-refractivity contribution is 5.27. The predicted octanol–water partition coefficient (Wildman–Crippen LogP) is 3.28. The smallest absolute Gasteiger partial charge is 0.119 e. The number of hydrogen-bond acceptors (Lipinski definition) is 3. The summed E-state index contributed by atoms with van der Waals surface area (Å²) < 4.78 is 11.2. The SMILES string of the molecule is CNC(C)Cc1ccc(OCCOCCC(C)C)cc1. The quantitative estimate of drug-likeness (QED) is 0.667. The van der Waals surface area contributed by atoms with Crippen molar-refractivity contribution in [1.29, 1.82) is 0 Å². The van der Waals surface area contributed by atoms with Gasteiger partial charge in [-0.05, 0) is 50.4 Å². The van der Waals surface area contributed by atoms with Gasteiger partial charge in [-0.3, -0.25) is 0 Å². The topological polar surface area (TPSA) is 30.5 Å². The molecule has 0 heterocycles. The molecule has 0 aliphatic rings. The van der Waals surface area contributed by atoms with Gasteiger partial charge in [-0.15, -0.1) is 0 Å². The first kappa shape index (κ1) is 17.0. The Morgan fingerprint density at radius 1 is 1.00 bits per heavy atom. The highest BCUT2D eigenvalue weighted by Gasteiger charge is 2.01. The Kier molecular flexibility index (Phi) is 8.31. The van der Waals surface area contributed by atoms with Crippen LogP contribution in [0.25, 0.3) is 0 Å². The molecule has 0 aliphatic heterocycles. The fourth-order valence-electron chi connectivity index (χ4n) is 1.82. The molecule has 0 radical (unpaired) electrons. The molecule has 1 aromatic rings. The summed E-state index contributed by atoms with van der Waals surface area (Å²) in [5.74, 6) is 1.61. The van der Waals surface area contributed by atoms with Gasteiger partial charge in [-0.2, -0.15) is 0 Å². The molecule has 1 N–H and O–H groups in total. The Hall–Kier alpha value is -1.06. The molecule has 1 rings (SSSR count). The average Bonchev–Trinajstić information content (AvgIpc) is 2.44. The van der Waals surface area contributed by atoms with E-state index >= 15 is 0 Å². The zero-order chi connectivity index (χ0) is 14.8. The van der Waals surface area contributed by atoms with Crippen molar-refractivity contribution in [2.75, 3.05) is 26.9 Å². The van der Waals surface area contributed by atoms with E-state index in [1.165, 1.54) is 5.56 Å². The molecule has 0 fully saturated rings. The summed E-state index contributed by atoms with van der Waals surface area (Å²) in [6.45, 7) is 8.68. The Balaban J connectivity index is 2.18. The van der Waals surface area contributed by atoms with Crippen molar-refractivity contribution < 1.29 is 9.47 Å². The lowest BCUT2D eigenvalue weighted by Crippen LogP contribution is -2.23. The van der Waals surface area contributed by atoms with E-state index in [1.54, 1.807) is 0 Å². The molecule has 20 heavy (non-hydrogen) atoms. The van der Waals surface area contributed by atoms with E-state index in [-0.39, 0.29) is 0 Å². The van der Waals surface area contributed by atoms with Crippen molar-refractivity contribution in [1.82, 2.24) is 5.32 Å². The third-order valence-electron chi connectivity index (χ3n) is 3.29. The minimum Gasteiger partial charge on any atom is -0.491 e. The van der Waals surface area contributed by atoms with Gasteiger partial charge in [0, 0.05) is 12.6 Å². The standard InChI is InChI=1S/C17H29NO2/c1-14(2)9-10-19-11-12-20-17-7-5-16(6-8-17)13-15(3)18-4/h5-8,14-15,18H,9-13H2,1-4H3. The van der Waals surface area contributed by atoms with Gasteiger partial charge < -0.3 is 14.8 Å². The molecule has 1 unspecified atom stereocenters. The normalized spacial score (nSPS) is 12.7. The molecular formula is C17H29NO2. The Morgan fingerprint density at radius 3 is 2.30 bits per heavy atom. The molecule has 114 valence electrons. The Bertz CT molecular complexity index is 349. The van der Waals surface area contributed by atoms with Gasteiger partial charge in [-0.1, -0.05) is 26.0 Å². The van der Waals surface area contributed by atoms with Gasteiger partial charge in [0.05, 0.1) is 6.61 Å². The third kappa shape index (κ3) is 7.51. The molecule has 0 saturated heterocycles. The highest BCUT2D eigenvalue weighted by Crippen LogP contribution is 2.13. The summed E-state index contributed by atoms with van der Waals surface area (Å²) in [4.78, 5) is 0. The number of nitrogens with one attached hydrogen (secondary N) is 1. The highest BCUT2D eigenvalue weighted by atomic mass is 16.5. The molecule has 3 nitrogen and oxygen atoms in total. The molecule has 3 heteroatoms. The van der Waals surface area contributed by atoms with Crippen LogP contribution in [0.3, 0.4) is 0 Å². The van der Waals surface area contributed by atoms with Crippen LogP contribution in [0.2, 0.25) is 0 Å². The van der Waals surface area contributed by atoms with Crippen LogP contribution in [0.4, 0.5) is 0 Å². The van der Waals surface area contributed by atoms with E-state index in [1.807, 2.05) is 19.2 Å². The minimum absolute atomic E-state index is 0.496. The number of rotatable bonds is 10. The van der Waals surface area contributed by atoms with Gasteiger partial charge in [-0.25, -0.2) is 0 Å². The number of benzene rings is 1. The molecule has 1 atom stereocenters. The van der Waals surface area contributed by atoms with Crippen molar-refractivity contribution in [3.63, 3.8) is 0 Å². The van der Waals surface area contributed by atoms with Crippen LogP contribution in [-0.2, 0) is 11.2 Å². The van der Waals surface area contributed by atoms with Crippen molar-refractivity contribution in [3.05, 3.63) is 29.8 Å². The zero-order valence-corrected chi connectivity index (χ0v) is 13.3. The average molecular weight is 279 g/mol. The van der Waals surface area contributed by atoms with E-state index < -0.39 is 0 Å². The second-order valence-corrected chi connectivity index (χ2v) is 5.68. The molecule has 0 spiro atoms. The fourth-order valence-corrected chi connectivity index (χ4v) is 1.82. The lowest BCUT2D eigenvalue weighted by Gasteiger charge is -2.11. The monoisotopic (exact) mass is 279 g/mol. The minimum atomic E-state index is 0.496. The number of hydrogen-bond donors (Lipinski definition) is 1. The van der Waals surface area contributed by atoms with E-state index in [4.69, 9.17) is 9.47 Å². The second kappa shape index (κ2) is 9.78. The molecule has 1 aromatic carbocycles. The summed E-state index contributed by atoms with van der Waals surface area (Å²) in [5, 5.41) is 3.24. The van der Waals surface area contributed by atoms with Crippen LogP contribution in [0.1, 0.15) is 32.8 Å². The molecule has 0 amide bonds. The molecule has 0 aromatic heterocycles. The van der Waals surface area contributed by atoms with E-state index in [2.05, 4.69) is 38.2 Å². The molecular weight excluding hydrogens is 250 g/mol. The number of likely N-dealkylation sites (N-methyl/N-ethyl adjacent to an activating group) is 1. The number of ether oxygens (including phenoxy) is 2. The van der Waals surface area contributed by atoms with Crippen LogP contribution >= 0.6 is 0 Å². The van der Waals surface area contributed by atoms with Crippen LogP contribution in [0.5, 0.6) is 5.75 Å².